The number of nitrogens with zero attached hydrogens (tertiary/aromatic N) is 1. The highest BCUT2D eigenvalue weighted by Crippen LogP contribution is 2.18. The highest BCUT2D eigenvalue weighted by molar-refractivity contribution is 5.76. The van der Waals surface area contributed by atoms with Gasteiger partial charge in [-0.2, -0.15) is 0 Å². The Hall–Kier alpha value is -0.610. The van der Waals surface area contributed by atoms with E-state index in [0.29, 0.717) is 12.5 Å². The predicted octanol–water partition coefficient (Wildman–Crippen LogP) is 1.55. The van der Waals surface area contributed by atoms with Crippen LogP contribution in [-0.4, -0.2) is 49.2 Å². The van der Waals surface area contributed by atoms with Crippen molar-refractivity contribution >= 4 is 5.91 Å². The van der Waals surface area contributed by atoms with Crippen molar-refractivity contribution in [3.63, 3.8) is 0 Å². The summed E-state index contributed by atoms with van der Waals surface area (Å²) in [4.78, 5) is 14.2. The van der Waals surface area contributed by atoms with E-state index in [-0.39, 0.29) is 12.0 Å². The molecule has 4 heteroatoms. The highest BCUT2D eigenvalue weighted by Gasteiger charge is 2.26. The lowest BCUT2D eigenvalue weighted by Gasteiger charge is -2.33. The first-order valence-corrected chi connectivity index (χ1v) is 7.42. The van der Waals surface area contributed by atoms with Crippen molar-refractivity contribution in [2.45, 2.75) is 57.6 Å². The van der Waals surface area contributed by atoms with Gasteiger partial charge in [0.2, 0.25) is 5.91 Å². The number of nitrogens with one attached hydrogen (secondary N) is 1. The molecule has 104 valence electrons. The summed E-state index contributed by atoms with van der Waals surface area (Å²) in [5.74, 6) is 0.282. The van der Waals surface area contributed by atoms with Crippen molar-refractivity contribution in [1.29, 1.82) is 0 Å². The van der Waals surface area contributed by atoms with Gasteiger partial charge >= 0.3 is 0 Å². The Labute approximate surface area is 110 Å². The molecule has 2 aliphatic rings. The number of rotatable bonds is 5. The summed E-state index contributed by atoms with van der Waals surface area (Å²) in [6, 6.07) is 0.493. The van der Waals surface area contributed by atoms with Crippen LogP contribution in [0.1, 0.15) is 45.4 Å². The van der Waals surface area contributed by atoms with Crippen molar-refractivity contribution in [2.24, 2.45) is 0 Å². The van der Waals surface area contributed by atoms with Gasteiger partial charge in [0.25, 0.3) is 0 Å². The fraction of sp³-hybridized carbons (Fsp3) is 0.929. The largest absolute Gasteiger partial charge is 0.378 e. The van der Waals surface area contributed by atoms with E-state index < -0.39 is 0 Å². The summed E-state index contributed by atoms with van der Waals surface area (Å²) in [5, 5.41) is 3.52. The molecule has 1 amide bonds. The topological polar surface area (TPSA) is 41.6 Å². The summed E-state index contributed by atoms with van der Waals surface area (Å²) in [6.07, 6.45) is 6.40. The third-order valence-electron chi connectivity index (χ3n) is 3.88. The number of carbonyl (C=O) groups is 1. The van der Waals surface area contributed by atoms with Crippen LogP contribution in [0, 0.1) is 0 Å². The van der Waals surface area contributed by atoms with Gasteiger partial charge < -0.3 is 15.0 Å². The fourth-order valence-electron chi connectivity index (χ4n) is 2.85. The van der Waals surface area contributed by atoms with E-state index in [2.05, 4.69) is 12.2 Å². The zero-order valence-corrected chi connectivity index (χ0v) is 11.5. The maximum Gasteiger partial charge on any atom is 0.225 e. The lowest BCUT2D eigenvalue weighted by molar-refractivity contribution is -0.134. The second kappa shape index (κ2) is 7.10. The molecule has 2 fully saturated rings. The van der Waals surface area contributed by atoms with Gasteiger partial charge in [0, 0.05) is 25.7 Å². The number of hydrogen-bond acceptors (Lipinski definition) is 3. The number of ether oxygens (including phenoxy) is 1. The minimum absolute atomic E-state index is 0.182. The van der Waals surface area contributed by atoms with Crippen LogP contribution in [0.5, 0.6) is 0 Å². The number of carbonyl (C=O) groups excluding carboxylic acids is 1. The summed E-state index contributed by atoms with van der Waals surface area (Å²) in [6.45, 7) is 5.87. The van der Waals surface area contributed by atoms with Crippen LogP contribution in [-0.2, 0) is 9.53 Å². The van der Waals surface area contributed by atoms with Crippen LogP contribution < -0.4 is 5.32 Å². The minimum Gasteiger partial charge on any atom is -0.378 e. The predicted molar refractivity (Wildman–Crippen MR) is 71.5 cm³/mol. The molecule has 0 spiro atoms. The zero-order chi connectivity index (χ0) is 12.8. The lowest BCUT2D eigenvalue weighted by Crippen LogP contribution is -2.48. The Morgan fingerprint density at radius 3 is 3.00 bits per heavy atom. The second-order valence-corrected chi connectivity index (χ2v) is 5.47. The molecule has 18 heavy (non-hydrogen) atoms. The van der Waals surface area contributed by atoms with Crippen molar-refractivity contribution in [3.8, 4) is 0 Å². The molecule has 0 aromatic rings. The number of hydrogen-bond donors (Lipinski definition) is 1. The summed E-state index contributed by atoms with van der Waals surface area (Å²) >= 11 is 0. The molecule has 4 nitrogen and oxygen atoms in total. The molecular weight excluding hydrogens is 228 g/mol. The summed E-state index contributed by atoms with van der Waals surface area (Å²) < 4.78 is 5.54. The average Bonchev–Trinajstić information content (AvgIpc) is 2.89. The first-order chi connectivity index (χ1) is 8.79. The van der Waals surface area contributed by atoms with Crippen LogP contribution in [0.2, 0.25) is 0 Å². The van der Waals surface area contributed by atoms with E-state index in [0.717, 1.165) is 51.9 Å². The van der Waals surface area contributed by atoms with Gasteiger partial charge in [-0.05, 0) is 38.6 Å². The maximum atomic E-state index is 12.2. The number of likely N-dealkylation sites (tertiary alicyclic amines) is 1. The molecule has 2 unspecified atom stereocenters. The quantitative estimate of drug-likeness (QED) is 0.809. The number of amides is 1. The lowest BCUT2D eigenvalue weighted by atomic mass is 10.0. The van der Waals surface area contributed by atoms with E-state index in [1.807, 2.05) is 4.90 Å². The van der Waals surface area contributed by atoms with E-state index in [1.165, 1.54) is 6.42 Å². The van der Waals surface area contributed by atoms with E-state index >= 15 is 0 Å². The van der Waals surface area contributed by atoms with Gasteiger partial charge in [-0.25, -0.2) is 0 Å². The van der Waals surface area contributed by atoms with Crippen LogP contribution >= 0.6 is 0 Å². The smallest absolute Gasteiger partial charge is 0.225 e. The monoisotopic (exact) mass is 254 g/mol. The molecule has 0 aromatic heterocycles. The standard InChI is InChI=1S/C14H26N2O2/c1-2-7-15-12-5-3-8-16(11-12)14(17)10-13-6-4-9-18-13/h12-13,15H,2-11H2,1H3. The van der Waals surface area contributed by atoms with Gasteiger partial charge in [0.1, 0.15) is 0 Å². The van der Waals surface area contributed by atoms with Crippen LogP contribution in [0.15, 0.2) is 0 Å². The molecule has 2 heterocycles. The first-order valence-electron chi connectivity index (χ1n) is 7.42. The molecule has 0 saturated carbocycles. The third kappa shape index (κ3) is 3.95. The van der Waals surface area contributed by atoms with E-state index in [9.17, 15) is 4.79 Å². The Bertz CT molecular complexity index is 265. The molecule has 2 rings (SSSR count). The molecule has 2 atom stereocenters. The van der Waals surface area contributed by atoms with Gasteiger partial charge in [0.15, 0.2) is 0 Å². The van der Waals surface area contributed by atoms with Gasteiger partial charge in [0.05, 0.1) is 12.5 Å². The molecular formula is C14H26N2O2. The molecule has 2 aliphatic heterocycles. The van der Waals surface area contributed by atoms with Crippen molar-refractivity contribution in [3.05, 3.63) is 0 Å². The van der Waals surface area contributed by atoms with Crippen LogP contribution in [0.3, 0.4) is 0 Å². The van der Waals surface area contributed by atoms with E-state index in [1.54, 1.807) is 0 Å². The molecule has 1 N–H and O–H groups in total. The summed E-state index contributed by atoms with van der Waals surface area (Å²) in [7, 11) is 0. The Balaban J connectivity index is 1.74. The van der Waals surface area contributed by atoms with Crippen molar-refractivity contribution in [1.82, 2.24) is 10.2 Å². The van der Waals surface area contributed by atoms with Crippen LogP contribution in [0.4, 0.5) is 0 Å². The highest BCUT2D eigenvalue weighted by atomic mass is 16.5. The van der Waals surface area contributed by atoms with Gasteiger partial charge in [-0.1, -0.05) is 6.92 Å². The summed E-state index contributed by atoms with van der Waals surface area (Å²) in [5.41, 5.74) is 0. The molecule has 0 radical (unpaired) electrons. The van der Waals surface area contributed by atoms with Gasteiger partial charge in [-0.3, -0.25) is 4.79 Å². The van der Waals surface area contributed by atoms with Gasteiger partial charge in [-0.15, -0.1) is 0 Å². The number of piperidine rings is 1. The zero-order valence-electron chi connectivity index (χ0n) is 11.5. The van der Waals surface area contributed by atoms with Crippen molar-refractivity contribution < 1.29 is 9.53 Å². The Morgan fingerprint density at radius 1 is 1.39 bits per heavy atom. The molecule has 0 aromatic carbocycles. The van der Waals surface area contributed by atoms with Crippen molar-refractivity contribution in [2.75, 3.05) is 26.2 Å². The minimum atomic E-state index is 0.182. The average molecular weight is 254 g/mol. The normalized spacial score (nSPS) is 28.6. The maximum absolute atomic E-state index is 12.2. The van der Waals surface area contributed by atoms with Crippen LogP contribution in [0.25, 0.3) is 0 Å². The molecule has 0 aliphatic carbocycles. The molecule has 0 bridgehead atoms. The second-order valence-electron chi connectivity index (χ2n) is 5.47. The fourth-order valence-corrected chi connectivity index (χ4v) is 2.85. The SMILES string of the molecule is CCCNC1CCCN(C(=O)CC2CCCO2)C1. The third-order valence-corrected chi connectivity index (χ3v) is 3.88. The Kier molecular flexibility index (Phi) is 5.45. The Morgan fingerprint density at radius 2 is 2.28 bits per heavy atom. The van der Waals surface area contributed by atoms with E-state index in [4.69, 9.17) is 4.74 Å². The first kappa shape index (κ1) is 13.8. The molecule has 2 saturated heterocycles.